The van der Waals surface area contributed by atoms with E-state index in [1.807, 2.05) is 24.3 Å². The van der Waals surface area contributed by atoms with Gasteiger partial charge < -0.3 is 5.32 Å². The van der Waals surface area contributed by atoms with Gasteiger partial charge in [-0.1, -0.05) is 24.3 Å². The number of rotatable bonds is 3. The predicted octanol–water partition coefficient (Wildman–Crippen LogP) is 4.86. The third-order valence-corrected chi connectivity index (χ3v) is 3.35. The number of benzene rings is 2. The fraction of sp³-hybridized carbons (Fsp3) is 0.167. The Morgan fingerprint density at radius 3 is 2.57 bits per heavy atom. The highest BCUT2D eigenvalue weighted by Crippen LogP contribution is 2.28. The molecule has 3 rings (SSSR count). The molecule has 21 heavy (non-hydrogen) atoms. The molecule has 0 spiro atoms. The van der Waals surface area contributed by atoms with Crippen molar-refractivity contribution >= 4 is 16.6 Å². The maximum atomic E-state index is 13.4. The molecule has 1 aromatic heterocycles. The molecule has 0 bridgehead atoms. The van der Waals surface area contributed by atoms with E-state index in [4.69, 9.17) is 0 Å². The van der Waals surface area contributed by atoms with Crippen molar-refractivity contribution in [3.05, 3.63) is 60.5 Å². The molecule has 106 valence electrons. The van der Waals surface area contributed by atoms with Crippen LogP contribution in [0, 0.1) is 5.82 Å². The summed E-state index contributed by atoms with van der Waals surface area (Å²) < 4.78 is 13.4. The highest BCUT2D eigenvalue weighted by atomic mass is 19.1. The third kappa shape index (κ3) is 2.87. The van der Waals surface area contributed by atoms with Crippen molar-refractivity contribution in [2.24, 2.45) is 0 Å². The SMILES string of the molecule is CC(C)Nc1nccc2cc(-c3cccc(F)c3)ccc12. The highest BCUT2D eigenvalue weighted by molar-refractivity contribution is 5.94. The van der Waals surface area contributed by atoms with E-state index in [1.165, 1.54) is 6.07 Å². The number of nitrogens with zero attached hydrogens (tertiary/aromatic N) is 1. The molecule has 0 aliphatic carbocycles. The van der Waals surface area contributed by atoms with Crippen molar-refractivity contribution in [1.29, 1.82) is 0 Å². The zero-order chi connectivity index (χ0) is 14.8. The van der Waals surface area contributed by atoms with Crippen molar-refractivity contribution in [1.82, 2.24) is 4.98 Å². The fourth-order valence-electron chi connectivity index (χ4n) is 2.41. The molecule has 3 heteroatoms. The van der Waals surface area contributed by atoms with Crippen LogP contribution in [0.5, 0.6) is 0 Å². The topological polar surface area (TPSA) is 24.9 Å². The predicted molar refractivity (Wildman–Crippen MR) is 85.9 cm³/mol. The quantitative estimate of drug-likeness (QED) is 0.741. The number of anilines is 1. The van der Waals surface area contributed by atoms with Gasteiger partial charge in [0.25, 0.3) is 0 Å². The van der Waals surface area contributed by atoms with Crippen LogP contribution in [0.3, 0.4) is 0 Å². The van der Waals surface area contributed by atoms with Crippen LogP contribution in [-0.2, 0) is 0 Å². The maximum absolute atomic E-state index is 13.4. The number of halogens is 1. The van der Waals surface area contributed by atoms with Crippen LogP contribution in [0.4, 0.5) is 10.2 Å². The van der Waals surface area contributed by atoms with Crippen molar-refractivity contribution in [2.45, 2.75) is 19.9 Å². The van der Waals surface area contributed by atoms with Crippen LogP contribution in [0.1, 0.15) is 13.8 Å². The van der Waals surface area contributed by atoms with E-state index in [9.17, 15) is 4.39 Å². The minimum atomic E-state index is -0.218. The second-order valence-corrected chi connectivity index (χ2v) is 5.40. The molecule has 1 N–H and O–H groups in total. The van der Waals surface area contributed by atoms with E-state index in [2.05, 4.69) is 30.2 Å². The molecule has 0 aliphatic rings. The first kappa shape index (κ1) is 13.6. The monoisotopic (exact) mass is 280 g/mol. The molecule has 0 saturated heterocycles. The van der Waals surface area contributed by atoms with E-state index in [-0.39, 0.29) is 5.82 Å². The van der Waals surface area contributed by atoms with Gasteiger partial charge in [0.05, 0.1) is 0 Å². The average Bonchev–Trinajstić information content (AvgIpc) is 2.46. The van der Waals surface area contributed by atoms with Crippen molar-refractivity contribution in [3.8, 4) is 11.1 Å². The summed E-state index contributed by atoms with van der Waals surface area (Å²) in [4.78, 5) is 4.39. The third-order valence-electron chi connectivity index (χ3n) is 3.35. The van der Waals surface area contributed by atoms with Crippen LogP contribution in [0.15, 0.2) is 54.7 Å². The first-order chi connectivity index (χ1) is 10.1. The summed E-state index contributed by atoms with van der Waals surface area (Å²) in [6.45, 7) is 4.17. The molecule has 0 unspecified atom stereocenters. The van der Waals surface area contributed by atoms with Gasteiger partial charge in [-0.15, -0.1) is 0 Å². The van der Waals surface area contributed by atoms with Gasteiger partial charge in [0.15, 0.2) is 0 Å². The summed E-state index contributed by atoms with van der Waals surface area (Å²) in [5, 5.41) is 5.51. The molecule has 1 heterocycles. The van der Waals surface area contributed by atoms with Crippen LogP contribution in [-0.4, -0.2) is 11.0 Å². The molecule has 2 nitrogen and oxygen atoms in total. The Balaban J connectivity index is 2.09. The summed E-state index contributed by atoms with van der Waals surface area (Å²) >= 11 is 0. The summed E-state index contributed by atoms with van der Waals surface area (Å²) in [5.41, 5.74) is 1.88. The van der Waals surface area contributed by atoms with E-state index in [1.54, 1.807) is 18.3 Å². The molecular weight excluding hydrogens is 263 g/mol. The Morgan fingerprint density at radius 2 is 1.81 bits per heavy atom. The van der Waals surface area contributed by atoms with Crippen molar-refractivity contribution < 1.29 is 4.39 Å². The van der Waals surface area contributed by atoms with Gasteiger partial charge in [-0.25, -0.2) is 9.37 Å². The van der Waals surface area contributed by atoms with Crippen LogP contribution in [0.25, 0.3) is 21.9 Å². The lowest BCUT2D eigenvalue weighted by molar-refractivity contribution is 0.628. The summed E-state index contributed by atoms with van der Waals surface area (Å²) in [7, 11) is 0. The van der Waals surface area contributed by atoms with E-state index < -0.39 is 0 Å². The normalized spacial score (nSPS) is 11.0. The summed E-state index contributed by atoms with van der Waals surface area (Å²) in [6.07, 6.45) is 1.79. The lowest BCUT2D eigenvalue weighted by Crippen LogP contribution is -2.11. The number of fused-ring (bicyclic) bond motifs is 1. The largest absolute Gasteiger partial charge is 0.367 e. The maximum Gasteiger partial charge on any atom is 0.134 e. The Hall–Kier alpha value is -2.42. The highest BCUT2D eigenvalue weighted by Gasteiger charge is 2.06. The number of aromatic nitrogens is 1. The Morgan fingerprint density at radius 1 is 1.00 bits per heavy atom. The Kier molecular flexibility index (Phi) is 3.57. The number of pyridine rings is 1. The second-order valence-electron chi connectivity index (χ2n) is 5.40. The van der Waals surface area contributed by atoms with Crippen LogP contribution >= 0.6 is 0 Å². The molecule has 0 fully saturated rings. The second kappa shape index (κ2) is 5.52. The molecule has 3 aromatic rings. The average molecular weight is 280 g/mol. The van der Waals surface area contributed by atoms with Crippen molar-refractivity contribution in [3.63, 3.8) is 0 Å². The minimum Gasteiger partial charge on any atom is -0.367 e. The van der Waals surface area contributed by atoms with Crippen LogP contribution < -0.4 is 5.32 Å². The zero-order valence-electron chi connectivity index (χ0n) is 12.1. The molecule has 0 atom stereocenters. The molecule has 2 aromatic carbocycles. The van der Waals surface area contributed by atoms with E-state index >= 15 is 0 Å². The summed E-state index contributed by atoms with van der Waals surface area (Å²) in [6, 6.07) is 15.1. The van der Waals surface area contributed by atoms with Gasteiger partial charge in [-0.3, -0.25) is 0 Å². The summed E-state index contributed by atoms with van der Waals surface area (Å²) in [5.74, 6) is 0.665. The fourth-order valence-corrected chi connectivity index (χ4v) is 2.41. The lowest BCUT2D eigenvalue weighted by Gasteiger charge is -2.12. The lowest BCUT2D eigenvalue weighted by atomic mass is 10.0. The smallest absolute Gasteiger partial charge is 0.134 e. The number of hydrogen-bond donors (Lipinski definition) is 1. The van der Waals surface area contributed by atoms with Gasteiger partial charge in [-0.2, -0.15) is 0 Å². The number of nitrogens with one attached hydrogen (secondary N) is 1. The Labute approximate surface area is 123 Å². The van der Waals surface area contributed by atoms with Crippen LogP contribution in [0.2, 0.25) is 0 Å². The standard InChI is InChI=1S/C18H17FN2/c1-12(2)21-18-17-7-6-14(10-15(17)8-9-20-18)13-4-3-5-16(19)11-13/h3-12H,1-2H3,(H,20,21). The minimum absolute atomic E-state index is 0.218. The van der Waals surface area contributed by atoms with E-state index in [0.29, 0.717) is 6.04 Å². The number of hydrogen-bond acceptors (Lipinski definition) is 2. The Bertz CT molecular complexity index is 781. The first-order valence-corrected chi connectivity index (χ1v) is 7.05. The van der Waals surface area contributed by atoms with E-state index in [0.717, 1.165) is 27.7 Å². The van der Waals surface area contributed by atoms with Gasteiger partial charge in [-0.05, 0) is 54.6 Å². The molecule has 0 amide bonds. The molecule has 0 radical (unpaired) electrons. The van der Waals surface area contributed by atoms with Gasteiger partial charge in [0, 0.05) is 17.6 Å². The molecule has 0 saturated carbocycles. The van der Waals surface area contributed by atoms with Gasteiger partial charge >= 0.3 is 0 Å². The zero-order valence-corrected chi connectivity index (χ0v) is 12.1. The first-order valence-electron chi connectivity index (χ1n) is 7.05. The van der Waals surface area contributed by atoms with Gasteiger partial charge in [0.2, 0.25) is 0 Å². The molecule has 0 aliphatic heterocycles. The molecular formula is C18H17FN2. The van der Waals surface area contributed by atoms with Gasteiger partial charge in [0.1, 0.15) is 11.6 Å². The van der Waals surface area contributed by atoms with Crippen molar-refractivity contribution in [2.75, 3.05) is 5.32 Å².